The zero-order valence-corrected chi connectivity index (χ0v) is 19.3. The van der Waals surface area contributed by atoms with E-state index in [0.717, 1.165) is 46.3 Å². The van der Waals surface area contributed by atoms with Crippen LogP contribution in [0, 0.1) is 0 Å². The molecule has 0 saturated carbocycles. The fourth-order valence-corrected chi connectivity index (χ4v) is 4.79. The van der Waals surface area contributed by atoms with E-state index in [0.29, 0.717) is 22.3 Å². The molecule has 5 rings (SSSR count). The third kappa shape index (κ3) is 3.63. The molecule has 2 aromatic carbocycles. The summed E-state index contributed by atoms with van der Waals surface area (Å²) < 4.78 is 17.3. The van der Waals surface area contributed by atoms with Crippen LogP contribution in [0.2, 0.25) is 0 Å². The molecule has 9 heteroatoms. The number of amides is 1. The van der Waals surface area contributed by atoms with Gasteiger partial charge in [-0.25, -0.2) is 4.68 Å². The molecule has 0 bridgehead atoms. The number of carbonyl (C=O) groups excluding carboxylic acids is 1. The summed E-state index contributed by atoms with van der Waals surface area (Å²) >= 11 is 0. The number of aryl methyl sites for hydroxylation is 1. The normalized spacial score (nSPS) is 15.2. The molecule has 4 aromatic rings. The number of aromatic amines is 1. The second kappa shape index (κ2) is 8.74. The van der Waals surface area contributed by atoms with Gasteiger partial charge >= 0.3 is 0 Å². The van der Waals surface area contributed by atoms with E-state index in [1.807, 2.05) is 18.2 Å². The van der Waals surface area contributed by atoms with Crippen molar-refractivity contribution in [3.05, 3.63) is 58.1 Å². The number of H-pyrrole nitrogens is 1. The van der Waals surface area contributed by atoms with E-state index >= 15 is 0 Å². The maximum absolute atomic E-state index is 13.1. The van der Waals surface area contributed by atoms with Gasteiger partial charge in [-0.05, 0) is 55.2 Å². The largest absolute Gasteiger partial charge is 0.497 e. The monoisotopic (exact) mass is 462 g/mol. The molecular formula is C25H26N4O5. The first-order chi connectivity index (χ1) is 16.5. The van der Waals surface area contributed by atoms with E-state index in [1.54, 1.807) is 25.4 Å². The Hall–Kier alpha value is -4.01. The molecule has 2 N–H and O–H groups in total. The van der Waals surface area contributed by atoms with Gasteiger partial charge in [-0.2, -0.15) is 5.10 Å². The molecule has 0 spiro atoms. The van der Waals surface area contributed by atoms with Crippen molar-refractivity contribution in [1.29, 1.82) is 0 Å². The lowest BCUT2D eigenvalue weighted by molar-refractivity contribution is -0.122. The van der Waals surface area contributed by atoms with E-state index < -0.39 is 5.56 Å². The highest BCUT2D eigenvalue weighted by Crippen LogP contribution is 2.36. The quantitative estimate of drug-likeness (QED) is 0.456. The molecule has 9 nitrogen and oxygen atoms in total. The van der Waals surface area contributed by atoms with Crippen LogP contribution in [0.4, 0.5) is 0 Å². The zero-order chi connectivity index (χ0) is 23.8. The van der Waals surface area contributed by atoms with Gasteiger partial charge in [0, 0.05) is 22.0 Å². The van der Waals surface area contributed by atoms with Gasteiger partial charge in [0.2, 0.25) is 5.91 Å². The highest BCUT2D eigenvalue weighted by atomic mass is 16.5. The molecule has 1 aliphatic carbocycles. The molecule has 0 saturated heterocycles. The minimum Gasteiger partial charge on any atom is -0.497 e. The maximum Gasteiger partial charge on any atom is 0.279 e. The number of rotatable bonds is 6. The summed E-state index contributed by atoms with van der Waals surface area (Å²) in [7, 11) is 4.64. The fourth-order valence-electron chi connectivity index (χ4n) is 4.79. The minimum atomic E-state index is -0.412. The summed E-state index contributed by atoms with van der Waals surface area (Å²) in [6.07, 6.45) is 4.25. The number of hydrogen-bond acceptors (Lipinski definition) is 6. The van der Waals surface area contributed by atoms with Crippen LogP contribution in [0.5, 0.6) is 17.2 Å². The molecule has 1 atom stereocenters. The van der Waals surface area contributed by atoms with E-state index in [9.17, 15) is 9.59 Å². The van der Waals surface area contributed by atoms with Crippen molar-refractivity contribution in [2.45, 2.75) is 31.8 Å². The molecular weight excluding hydrogens is 436 g/mol. The van der Waals surface area contributed by atoms with Crippen LogP contribution in [0.25, 0.3) is 21.7 Å². The van der Waals surface area contributed by atoms with Crippen molar-refractivity contribution >= 4 is 27.6 Å². The first kappa shape index (κ1) is 21.8. The van der Waals surface area contributed by atoms with Gasteiger partial charge in [0.15, 0.2) is 11.5 Å². The molecule has 176 valence electrons. The molecule has 1 aliphatic rings. The number of hydrogen-bond donors (Lipinski definition) is 2. The second-order valence-electron chi connectivity index (χ2n) is 8.31. The van der Waals surface area contributed by atoms with Crippen molar-refractivity contribution in [2.24, 2.45) is 0 Å². The summed E-state index contributed by atoms with van der Waals surface area (Å²) in [5, 5.41) is 9.33. The first-order valence-corrected chi connectivity index (χ1v) is 11.1. The lowest BCUT2D eigenvalue weighted by Crippen LogP contribution is -2.37. The summed E-state index contributed by atoms with van der Waals surface area (Å²) in [5.74, 6) is 1.28. The standard InChI is InChI=1S/C25H26N4O5/c1-32-15-8-9-18-17(11-15)16-5-4-6-19(23(16)28-18)27-21(30)13-29-25(31)22-14(12-26-29)7-10-20(33-2)24(22)34-3/h7-12,19,28H,4-6,13H2,1-3H3,(H,27,30). The molecule has 1 amide bonds. The van der Waals surface area contributed by atoms with Crippen molar-refractivity contribution in [1.82, 2.24) is 20.1 Å². The van der Waals surface area contributed by atoms with Crippen LogP contribution in [-0.4, -0.2) is 42.0 Å². The smallest absolute Gasteiger partial charge is 0.279 e. The Morgan fingerprint density at radius 2 is 2.03 bits per heavy atom. The third-order valence-corrected chi connectivity index (χ3v) is 6.41. The molecule has 0 fully saturated rings. The number of ether oxygens (including phenoxy) is 3. The summed E-state index contributed by atoms with van der Waals surface area (Å²) in [5.41, 5.74) is 2.81. The van der Waals surface area contributed by atoms with Crippen molar-refractivity contribution < 1.29 is 19.0 Å². The third-order valence-electron chi connectivity index (χ3n) is 6.41. The number of fused-ring (bicyclic) bond motifs is 4. The van der Waals surface area contributed by atoms with Crippen molar-refractivity contribution in [3.63, 3.8) is 0 Å². The fraction of sp³-hybridized carbons (Fsp3) is 0.320. The molecule has 2 heterocycles. The SMILES string of the molecule is COc1ccc2[nH]c3c(c2c1)CCCC3NC(=O)Cn1ncc2ccc(OC)c(OC)c2c1=O. The Morgan fingerprint density at radius 1 is 1.18 bits per heavy atom. The van der Waals surface area contributed by atoms with Crippen molar-refractivity contribution in [3.8, 4) is 17.2 Å². The average molecular weight is 463 g/mol. The molecule has 2 aromatic heterocycles. The Bertz CT molecular complexity index is 1460. The number of nitrogens with zero attached hydrogens (tertiary/aromatic N) is 2. The highest BCUT2D eigenvalue weighted by molar-refractivity contribution is 5.90. The predicted octanol–water partition coefficient (Wildman–Crippen LogP) is 3.10. The van der Waals surface area contributed by atoms with Crippen LogP contribution in [0.15, 0.2) is 41.3 Å². The highest BCUT2D eigenvalue weighted by Gasteiger charge is 2.26. The van der Waals surface area contributed by atoms with Gasteiger partial charge < -0.3 is 24.5 Å². The Labute approximate surface area is 195 Å². The lowest BCUT2D eigenvalue weighted by Gasteiger charge is -2.24. The van der Waals surface area contributed by atoms with Crippen LogP contribution in [0.1, 0.15) is 30.1 Å². The van der Waals surface area contributed by atoms with Crippen LogP contribution >= 0.6 is 0 Å². The summed E-state index contributed by atoms with van der Waals surface area (Å²) in [4.78, 5) is 29.6. The van der Waals surface area contributed by atoms with Gasteiger partial charge in [0.05, 0.1) is 39.0 Å². The lowest BCUT2D eigenvalue weighted by atomic mass is 9.91. The average Bonchev–Trinajstić information content (AvgIpc) is 3.24. The summed E-state index contributed by atoms with van der Waals surface area (Å²) in [6.45, 7) is -0.199. The number of aromatic nitrogens is 3. The molecule has 0 aliphatic heterocycles. The van der Waals surface area contributed by atoms with Gasteiger partial charge in [0.1, 0.15) is 12.3 Å². The number of nitrogens with one attached hydrogen (secondary N) is 2. The Balaban J connectivity index is 1.42. The number of benzene rings is 2. The second-order valence-corrected chi connectivity index (χ2v) is 8.31. The Morgan fingerprint density at radius 3 is 2.79 bits per heavy atom. The number of methoxy groups -OCH3 is 3. The topological polar surface area (TPSA) is 107 Å². The van der Waals surface area contributed by atoms with E-state index in [2.05, 4.69) is 15.4 Å². The Kier molecular flexibility index (Phi) is 5.61. The van der Waals surface area contributed by atoms with Crippen LogP contribution < -0.4 is 25.1 Å². The number of carbonyl (C=O) groups is 1. The van der Waals surface area contributed by atoms with Gasteiger partial charge in [-0.3, -0.25) is 9.59 Å². The van der Waals surface area contributed by atoms with Crippen LogP contribution in [0.3, 0.4) is 0 Å². The zero-order valence-electron chi connectivity index (χ0n) is 19.3. The predicted molar refractivity (Wildman–Crippen MR) is 128 cm³/mol. The summed E-state index contributed by atoms with van der Waals surface area (Å²) in [6, 6.07) is 9.22. The van der Waals surface area contributed by atoms with E-state index in [-0.39, 0.29) is 18.5 Å². The van der Waals surface area contributed by atoms with Crippen molar-refractivity contribution in [2.75, 3.05) is 21.3 Å². The van der Waals surface area contributed by atoms with Crippen LogP contribution in [-0.2, 0) is 17.8 Å². The van der Waals surface area contributed by atoms with Gasteiger partial charge in [0.25, 0.3) is 5.56 Å². The molecule has 34 heavy (non-hydrogen) atoms. The minimum absolute atomic E-state index is 0.166. The molecule has 0 radical (unpaired) electrons. The van der Waals surface area contributed by atoms with Gasteiger partial charge in [-0.1, -0.05) is 0 Å². The molecule has 1 unspecified atom stereocenters. The van der Waals surface area contributed by atoms with E-state index in [1.165, 1.54) is 19.8 Å². The van der Waals surface area contributed by atoms with E-state index in [4.69, 9.17) is 14.2 Å². The first-order valence-electron chi connectivity index (χ1n) is 11.1. The maximum atomic E-state index is 13.1. The van der Waals surface area contributed by atoms with Gasteiger partial charge in [-0.15, -0.1) is 0 Å².